The van der Waals surface area contributed by atoms with Crippen molar-refractivity contribution in [2.75, 3.05) is 26.0 Å². The van der Waals surface area contributed by atoms with Crippen molar-refractivity contribution in [3.63, 3.8) is 0 Å². The van der Waals surface area contributed by atoms with E-state index in [1.807, 2.05) is 23.6 Å². The highest BCUT2D eigenvalue weighted by molar-refractivity contribution is 5.83. The quantitative estimate of drug-likeness (QED) is 0.392. The fourth-order valence-corrected chi connectivity index (χ4v) is 4.25. The van der Waals surface area contributed by atoms with Crippen LogP contribution in [0.4, 0.5) is 10.2 Å². The molecule has 4 aromatic heterocycles. The van der Waals surface area contributed by atoms with Crippen LogP contribution in [0.25, 0.3) is 27.8 Å². The fraction of sp³-hybridized carbons (Fsp3) is 0.240. The van der Waals surface area contributed by atoms with Gasteiger partial charge in [-0.15, -0.1) is 0 Å². The van der Waals surface area contributed by atoms with Crippen LogP contribution in [0.2, 0.25) is 0 Å². The van der Waals surface area contributed by atoms with E-state index in [1.54, 1.807) is 12.4 Å². The van der Waals surface area contributed by atoms with Crippen LogP contribution in [0.15, 0.2) is 61.2 Å². The average molecular weight is 444 g/mol. The van der Waals surface area contributed by atoms with Crippen LogP contribution >= 0.6 is 0 Å². The lowest BCUT2D eigenvalue weighted by atomic mass is 10.0. The standard InChI is InChI=1S/C25H26FN7/c1-16-11-29-33-24(10-23(31-25(16)33)18-8-19(26)14-27-12-18)30-20(15-32(2)3)9-17-13-28-22-7-5-4-6-21(17)22/h4-8,10-14,20,28,30H,9,15H2,1-3H3/t20-/m1/s1. The Morgan fingerprint density at radius 3 is 2.82 bits per heavy atom. The van der Waals surface area contributed by atoms with Crippen LogP contribution in [0, 0.1) is 12.7 Å². The first-order valence-corrected chi connectivity index (χ1v) is 10.9. The molecule has 0 fully saturated rings. The van der Waals surface area contributed by atoms with Gasteiger partial charge in [0.15, 0.2) is 5.65 Å². The smallest absolute Gasteiger partial charge is 0.160 e. The molecule has 2 N–H and O–H groups in total. The molecule has 1 atom stereocenters. The Hall–Kier alpha value is -3.78. The monoisotopic (exact) mass is 443 g/mol. The van der Waals surface area contributed by atoms with Crippen LogP contribution in [0.5, 0.6) is 0 Å². The van der Waals surface area contributed by atoms with Crippen LogP contribution in [-0.4, -0.2) is 56.1 Å². The summed E-state index contributed by atoms with van der Waals surface area (Å²) < 4.78 is 15.7. The molecule has 1 aromatic carbocycles. The van der Waals surface area contributed by atoms with Crippen molar-refractivity contribution in [1.29, 1.82) is 0 Å². The summed E-state index contributed by atoms with van der Waals surface area (Å²) in [7, 11) is 4.13. The fourth-order valence-electron chi connectivity index (χ4n) is 4.25. The number of pyridine rings is 1. The van der Waals surface area contributed by atoms with Gasteiger partial charge >= 0.3 is 0 Å². The van der Waals surface area contributed by atoms with Crippen LogP contribution in [0.3, 0.4) is 0 Å². The third-order valence-electron chi connectivity index (χ3n) is 5.73. The van der Waals surface area contributed by atoms with Gasteiger partial charge < -0.3 is 15.2 Å². The number of para-hydroxylation sites is 1. The number of aromatic amines is 1. The van der Waals surface area contributed by atoms with Gasteiger partial charge in [-0.2, -0.15) is 9.61 Å². The van der Waals surface area contributed by atoms with E-state index in [4.69, 9.17) is 4.98 Å². The highest BCUT2D eigenvalue weighted by atomic mass is 19.1. The maximum atomic E-state index is 13.8. The molecule has 168 valence electrons. The first-order chi connectivity index (χ1) is 16.0. The molecule has 0 radical (unpaired) electrons. The first kappa shape index (κ1) is 21.1. The molecule has 0 aliphatic rings. The van der Waals surface area contributed by atoms with Crippen molar-refractivity contribution >= 4 is 22.4 Å². The molecule has 0 saturated carbocycles. The van der Waals surface area contributed by atoms with Gasteiger partial charge in [-0.05, 0) is 45.1 Å². The minimum Gasteiger partial charge on any atom is -0.366 e. The number of benzene rings is 1. The predicted molar refractivity (Wildman–Crippen MR) is 129 cm³/mol. The van der Waals surface area contributed by atoms with Crippen LogP contribution in [-0.2, 0) is 6.42 Å². The summed E-state index contributed by atoms with van der Waals surface area (Å²) in [5.41, 5.74) is 5.34. The number of likely N-dealkylation sites (N-methyl/N-ethyl adjacent to an activating group) is 1. The van der Waals surface area contributed by atoms with Crippen LogP contribution in [0.1, 0.15) is 11.1 Å². The van der Waals surface area contributed by atoms with Gasteiger partial charge in [0.1, 0.15) is 11.6 Å². The second-order valence-corrected chi connectivity index (χ2v) is 8.65. The summed E-state index contributed by atoms with van der Waals surface area (Å²) in [4.78, 5) is 14.3. The lowest BCUT2D eigenvalue weighted by Crippen LogP contribution is -2.34. The Labute approximate surface area is 191 Å². The molecule has 0 unspecified atom stereocenters. The summed E-state index contributed by atoms with van der Waals surface area (Å²) in [6.07, 6.45) is 7.52. The molecule has 5 aromatic rings. The van der Waals surface area contributed by atoms with E-state index in [1.165, 1.54) is 23.2 Å². The van der Waals surface area contributed by atoms with Crippen molar-refractivity contribution in [3.05, 3.63) is 78.1 Å². The van der Waals surface area contributed by atoms with Crippen molar-refractivity contribution in [2.24, 2.45) is 0 Å². The molecule has 0 spiro atoms. The maximum Gasteiger partial charge on any atom is 0.160 e. The summed E-state index contributed by atoms with van der Waals surface area (Å²) in [5.74, 6) is 0.415. The summed E-state index contributed by atoms with van der Waals surface area (Å²) >= 11 is 0. The molecule has 4 heterocycles. The van der Waals surface area contributed by atoms with E-state index in [0.29, 0.717) is 11.3 Å². The number of rotatable bonds is 7. The largest absolute Gasteiger partial charge is 0.366 e. The zero-order valence-electron chi connectivity index (χ0n) is 18.9. The van der Waals surface area contributed by atoms with Gasteiger partial charge in [-0.1, -0.05) is 18.2 Å². The number of hydrogen-bond donors (Lipinski definition) is 2. The molecule has 5 rings (SSSR count). The summed E-state index contributed by atoms with van der Waals surface area (Å²) in [6.45, 7) is 2.79. The third-order valence-corrected chi connectivity index (χ3v) is 5.73. The molecule has 0 bridgehead atoms. The Kier molecular flexibility index (Phi) is 5.51. The number of aromatic nitrogens is 5. The van der Waals surface area contributed by atoms with Gasteiger partial charge in [-0.25, -0.2) is 9.37 Å². The van der Waals surface area contributed by atoms with Gasteiger partial charge in [0.25, 0.3) is 0 Å². The third kappa shape index (κ3) is 4.29. The van der Waals surface area contributed by atoms with Crippen LogP contribution < -0.4 is 5.32 Å². The van der Waals surface area contributed by atoms with Gasteiger partial charge in [0, 0.05) is 53.1 Å². The molecular formula is C25H26FN7. The minimum absolute atomic E-state index is 0.104. The Morgan fingerprint density at radius 1 is 1.15 bits per heavy atom. The molecular weight excluding hydrogens is 417 g/mol. The lowest BCUT2D eigenvalue weighted by Gasteiger charge is -2.24. The van der Waals surface area contributed by atoms with Crippen molar-refractivity contribution in [3.8, 4) is 11.3 Å². The van der Waals surface area contributed by atoms with E-state index in [-0.39, 0.29) is 6.04 Å². The number of aryl methyl sites for hydroxylation is 1. The Balaban J connectivity index is 1.54. The Morgan fingerprint density at radius 2 is 2.00 bits per heavy atom. The highest BCUT2D eigenvalue weighted by Crippen LogP contribution is 2.25. The molecule has 0 aliphatic carbocycles. The average Bonchev–Trinajstić information content (AvgIpc) is 3.37. The SMILES string of the molecule is Cc1cnn2c(N[C@H](Cc3c[nH]c4ccccc34)CN(C)C)cc(-c3cncc(F)c3)nc12. The van der Waals surface area contributed by atoms with Gasteiger partial charge in [0.05, 0.1) is 18.1 Å². The number of nitrogens with zero attached hydrogens (tertiary/aromatic N) is 5. The van der Waals surface area contributed by atoms with Crippen molar-refractivity contribution < 1.29 is 4.39 Å². The van der Waals surface area contributed by atoms with E-state index in [2.05, 4.69) is 63.8 Å². The zero-order chi connectivity index (χ0) is 22.9. The topological polar surface area (TPSA) is 74.1 Å². The molecule has 0 aliphatic heterocycles. The number of nitrogens with one attached hydrogen (secondary N) is 2. The molecule has 7 nitrogen and oxygen atoms in total. The number of hydrogen-bond acceptors (Lipinski definition) is 5. The number of anilines is 1. The summed E-state index contributed by atoms with van der Waals surface area (Å²) in [6, 6.07) is 11.8. The molecule has 0 saturated heterocycles. The maximum absolute atomic E-state index is 13.8. The molecule has 8 heteroatoms. The van der Waals surface area contributed by atoms with Crippen molar-refractivity contribution in [2.45, 2.75) is 19.4 Å². The summed E-state index contributed by atoms with van der Waals surface area (Å²) in [5, 5.41) is 9.44. The second-order valence-electron chi connectivity index (χ2n) is 8.65. The zero-order valence-corrected chi connectivity index (χ0v) is 18.9. The number of H-pyrrole nitrogens is 1. The van der Waals surface area contributed by atoms with E-state index in [0.717, 1.165) is 35.5 Å². The molecule has 33 heavy (non-hydrogen) atoms. The first-order valence-electron chi connectivity index (χ1n) is 10.9. The highest BCUT2D eigenvalue weighted by Gasteiger charge is 2.18. The Bertz CT molecular complexity index is 1420. The number of fused-ring (bicyclic) bond motifs is 2. The second kappa shape index (κ2) is 8.63. The van der Waals surface area contributed by atoms with E-state index in [9.17, 15) is 4.39 Å². The normalized spacial score (nSPS) is 12.6. The predicted octanol–water partition coefficient (Wildman–Crippen LogP) is 4.30. The lowest BCUT2D eigenvalue weighted by molar-refractivity contribution is 0.381. The minimum atomic E-state index is -0.390. The van der Waals surface area contributed by atoms with Gasteiger partial charge in [0.2, 0.25) is 0 Å². The number of halogens is 1. The molecule has 0 amide bonds. The van der Waals surface area contributed by atoms with Gasteiger partial charge in [-0.3, -0.25) is 4.98 Å². The van der Waals surface area contributed by atoms with E-state index < -0.39 is 5.82 Å². The van der Waals surface area contributed by atoms with Crippen molar-refractivity contribution in [1.82, 2.24) is 29.5 Å². The van der Waals surface area contributed by atoms with E-state index >= 15 is 0 Å².